The van der Waals surface area contributed by atoms with Gasteiger partial charge in [-0.3, -0.25) is 19.0 Å². The zero-order valence-electron chi connectivity index (χ0n) is 15.0. The highest BCUT2D eigenvalue weighted by Gasteiger charge is 2.33. The molecule has 7 heteroatoms. The van der Waals surface area contributed by atoms with Crippen LogP contribution in [-0.4, -0.2) is 28.5 Å². The first-order chi connectivity index (χ1) is 12.4. The van der Waals surface area contributed by atoms with Crippen molar-refractivity contribution in [3.05, 3.63) is 46.5 Å². The number of aromatic nitrogens is 2. The molecule has 26 heavy (non-hydrogen) atoms. The highest BCUT2D eigenvalue weighted by atomic mass is 16.5. The van der Waals surface area contributed by atoms with Crippen molar-refractivity contribution < 1.29 is 14.3 Å². The van der Waals surface area contributed by atoms with Crippen molar-refractivity contribution in [2.24, 2.45) is 5.92 Å². The number of allylic oxidation sites excluding steroid dienone is 1. The number of rotatable bonds is 4. The van der Waals surface area contributed by atoms with E-state index in [9.17, 15) is 14.4 Å². The van der Waals surface area contributed by atoms with Crippen molar-refractivity contribution in [3.63, 3.8) is 0 Å². The molecule has 1 atom stereocenters. The van der Waals surface area contributed by atoms with E-state index in [4.69, 9.17) is 0 Å². The predicted molar refractivity (Wildman–Crippen MR) is 97.2 cm³/mol. The minimum atomic E-state index is -0.807. The first kappa shape index (κ1) is 17.8. The zero-order valence-corrected chi connectivity index (χ0v) is 15.0. The molecule has 0 saturated heterocycles. The van der Waals surface area contributed by atoms with Crippen molar-refractivity contribution in [2.45, 2.75) is 32.7 Å². The molecule has 0 spiro atoms. The van der Waals surface area contributed by atoms with Crippen LogP contribution in [0.4, 0.5) is 0 Å². The Morgan fingerprint density at radius 3 is 2.77 bits per heavy atom. The number of carbonyl (C=O) groups is 2. The van der Waals surface area contributed by atoms with E-state index in [2.05, 4.69) is 15.0 Å². The third kappa shape index (κ3) is 3.24. The fraction of sp³-hybridized carbons (Fsp3) is 0.368. The molecule has 1 amide bonds. The highest BCUT2D eigenvalue weighted by molar-refractivity contribution is 5.93. The number of esters is 1. The lowest BCUT2D eigenvalue weighted by molar-refractivity contribution is -0.141. The zero-order chi connectivity index (χ0) is 18.8. The van der Waals surface area contributed by atoms with Gasteiger partial charge in [0.15, 0.2) is 5.82 Å². The molecule has 1 aromatic carbocycles. The predicted octanol–water partition coefficient (Wildman–Crippen LogP) is 2.02. The fourth-order valence-corrected chi connectivity index (χ4v) is 3.08. The summed E-state index contributed by atoms with van der Waals surface area (Å²) >= 11 is 0. The SMILES string of the molecule is COC(=O)CC[C@H]1C(=O)NC(=CC(C)C)c2nc3ccccc3c(=O)n21. The highest BCUT2D eigenvalue weighted by Crippen LogP contribution is 2.26. The van der Waals surface area contributed by atoms with Crippen LogP contribution in [0.5, 0.6) is 0 Å². The number of para-hydroxylation sites is 1. The first-order valence-corrected chi connectivity index (χ1v) is 8.53. The molecule has 1 aliphatic heterocycles. The molecular formula is C19H21N3O4. The number of hydrogen-bond donors (Lipinski definition) is 1. The molecule has 136 valence electrons. The van der Waals surface area contributed by atoms with E-state index in [1.807, 2.05) is 26.0 Å². The van der Waals surface area contributed by atoms with Crippen LogP contribution in [0.1, 0.15) is 38.6 Å². The average Bonchev–Trinajstić information content (AvgIpc) is 2.61. The lowest BCUT2D eigenvalue weighted by Gasteiger charge is -2.29. The summed E-state index contributed by atoms with van der Waals surface area (Å²) in [6.07, 6.45) is 2.07. The lowest BCUT2D eigenvalue weighted by atomic mass is 10.0. The van der Waals surface area contributed by atoms with Crippen molar-refractivity contribution in [2.75, 3.05) is 7.11 Å². The Bertz CT molecular complexity index is 959. The number of benzene rings is 1. The van der Waals surface area contributed by atoms with Crippen LogP contribution in [0.3, 0.4) is 0 Å². The first-order valence-electron chi connectivity index (χ1n) is 8.53. The van der Waals surface area contributed by atoms with Crippen LogP contribution in [0, 0.1) is 5.92 Å². The summed E-state index contributed by atoms with van der Waals surface area (Å²) in [4.78, 5) is 41.8. The van der Waals surface area contributed by atoms with Crippen LogP contribution in [0.2, 0.25) is 0 Å². The third-order valence-corrected chi connectivity index (χ3v) is 4.27. The molecule has 1 aliphatic rings. The van der Waals surface area contributed by atoms with Crippen molar-refractivity contribution >= 4 is 28.5 Å². The summed E-state index contributed by atoms with van der Waals surface area (Å²) in [6, 6.07) is 6.22. The van der Waals surface area contributed by atoms with E-state index in [-0.39, 0.29) is 30.2 Å². The Labute approximate surface area is 150 Å². The molecule has 0 saturated carbocycles. The second-order valence-electron chi connectivity index (χ2n) is 6.57. The number of amides is 1. The smallest absolute Gasteiger partial charge is 0.305 e. The Hall–Kier alpha value is -2.96. The van der Waals surface area contributed by atoms with Gasteiger partial charge >= 0.3 is 5.97 Å². The van der Waals surface area contributed by atoms with Gasteiger partial charge in [-0.15, -0.1) is 0 Å². The largest absolute Gasteiger partial charge is 0.469 e. The summed E-state index contributed by atoms with van der Waals surface area (Å²) in [6.45, 7) is 3.96. The minimum Gasteiger partial charge on any atom is -0.469 e. The second kappa shape index (κ2) is 7.11. The van der Waals surface area contributed by atoms with Gasteiger partial charge in [-0.1, -0.05) is 32.1 Å². The molecule has 2 heterocycles. The molecule has 2 aromatic rings. The molecule has 7 nitrogen and oxygen atoms in total. The molecule has 0 fully saturated rings. The number of methoxy groups -OCH3 is 1. The molecular weight excluding hydrogens is 334 g/mol. The Morgan fingerprint density at radius 1 is 1.35 bits per heavy atom. The van der Waals surface area contributed by atoms with Crippen molar-refractivity contribution in [1.82, 2.24) is 14.9 Å². The summed E-state index contributed by atoms with van der Waals surface area (Å²) in [5, 5.41) is 3.28. The van der Waals surface area contributed by atoms with Gasteiger partial charge in [0.05, 0.1) is 23.7 Å². The van der Waals surface area contributed by atoms with Crippen LogP contribution in [-0.2, 0) is 14.3 Å². The lowest BCUT2D eigenvalue weighted by Crippen LogP contribution is -2.44. The maximum Gasteiger partial charge on any atom is 0.305 e. The minimum absolute atomic E-state index is 0.0382. The topological polar surface area (TPSA) is 90.3 Å². The van der Waals surface area contributed by atoms with E-state index in [0.29, 0.717) is 22.4 Å². The number of fused-ring (bicyclic) bond motifs is 2. The van der Waals surface area contributed by atoms with Crippen LogP contribution in [0.25, 0.3) is 16.6 Å². The average molecular weight is 355 g/mol. The quantitative estimate of drug-likeness (QED) is 0.848. The normalized spacial score (nSPS) is 18.1. The Morgan fingerprint density at radius 2 is 2.08 bits per heavy atom. The molecule has 0 bridgehead atoms. The number of hydrogen-bond acceptors (Lipinski definition) is 5. The van der Waals surface area contributed by atoms with E-state index in [1.54, 1.807) is 18.2 Å². The van der Waals surface area contributed by atoms with Gasteiger partial charge in [-0.25, -0.2) is 4.98 Å². The van der Waals surface area contributed by atoms with Crippen LogP contribution >= 0.6 is 0 Å². The maximum atomic E-state index is 13.1. The van der Waals surface area contributed by atoms with Gasteiger partial charge in [0.25, 0.3) is 5.56 Å². The summed E-state index contributed by atoms with van der Waals surface area (Å²) in [5.74, 6) is -0.178. The number of carbonyl (C=O) groups excluding carboxylic acids is 2. The monoisotopic (exact) mass is 355 g/mol. The molecule has 0 radical (unpaired) electrons. The van der Waals surface area contributed by atoms with Gasteiger partial charge in [0, 0.05) is 6.42 Å². The standard InChI is InChI=1S/C19H21N3O4/c1-11(2)10-14-17-20-13-7-5-4-6-12(13)19(25)22(17)15(18(24)21-14)8-9-16(23)26-3/h4-7,10-11,15H,8-9H2,1-3H3,(H,21,24)/t15-/m0/s1. The number of nitrogens with one attached hydrogen (secondary N) is 1. The third-order valence-electron chi connectivity index (χ3n) is 4.27. The summed E-state index contributed by atoms with van der Waals surface area (Å²) < 4.78 is 6.05. The molecule has 1 aromatic heterocycles. The van der Waals surface area contributed by atoms with Gasteiger partial charge in [-0.05, 0) is 24.5 Å². The van der Waals surface area contributed by atoms with E-state index < -0.39 is 12.0 Å². The number of ether oxygens (including phenoxy) is 1. The fourth-order valence-electron chi connectivity index (χ4n) is 3.08. The van der Waals surface area contributed by atoms with E-state index in [1.165, 1.54) is 11.7 Å². The van der Waals surface area contributed by atoms with Crippen molar-refractivity contribution in [3.8, 4) is 0 Å². The second-order valence-corrected chi connectivity index (χ2v) is 6.57. The van der Waals surface area contributed by atoms with Crippen LogP contribution in [0.15, 0.2) is 35.1 Å². The van der Waals surface area contributed by atoms with Crippen molar-refractivity contribution in [1.29, 1.82) is 0 Å². The Balaban J connectivity index is 2.20. The van der Waals surface area contributed by atoms with Crippen LogP contribution < -0.4 is 10.9 Å². The van der Waals surface area contributed by atoms with E-state index in [0.717, 1.165) is 0 Å². The van der Waals surface area contributed by atoms with Gasteiger partial charge in [0.2, 0.25) is 5.91 Å². The number of nitrogens with zero attached hydrogens (tertiary/aromatic N) is 2. The van der Waals surface area contributed by atoms with Gasteiger partial charge in [-0.2, -0.15) is 0 Å². The summed E-state index contributed by atoms with van der Waals surface area (Å²) in [5.41, 5.74) is 0.799. The molecule has 0 unspecified atom stereocenters. The molecule has 1 N–H and O–H groups in total. The van der Waals surface area contributed by atoms with Gasteiger partial charge < -0.3 is 10.1 Å². The maximum absolute atomic E-state index is 13.1. The Kier molecular flexibility index (Phi) is 4.88. The molecule has 0 aliphatic carbocycles. The van der Waals surface area contributed by atoms with E-state index >= 15 is 0 Å². The molecule has 3 rings (SSSR count). The van der Waals surface area contributed by atoms with Gasteiger partial charge in [0.1, 0.15) is 6.04 Å². The summed E-state index contributed by atoms with van der Waals surface area (Å²) in [7, 11) is 1.29.